The van der Waals surface area contributed by atoms with E-state index in [0.29, 0.717) is 6.20 Å². The largest absolute Gasteiger partial charge is 0.359 e. The summed E-state index contributed by atoms with van der Waals surface area (Å²) in [6, 6.07) is 0. The number of rotatable bonds is 2. The summed E-state index contributed by atoms with van der Waals surface area (Å²) in [7, 11) is 0.718. The summed E-state index contributed by atoms with van der Waals surface area (Å²) in [5.74, 6) is 0. The Balaban J connectivity index is 3.56. The van der Waals surface area contributed by atoms with Crippen LogP contribution in [0.5, 0.6) is 0 Å². The van der Waals surface area contributed by atoms with Crippen LogP contribution in [0.15, 0.2) is 15.9 Å². The van der Waals surface area contributed by atoms with Gasteiger partial charge in [-0.15, -0.1) is 0 Å². The molecule has 0 radical (unpaired) electrons. The smallest absolute Gasteiger partial charge is 0.278 e. The number of hydrogen-bond acceptors (Lipinski definition) is 3. The maximum atomic E-state index is 12.3. The van der Waals surface area contributed by atoms with E-state index >= 15 is 0 Å². The van der Waals surface area contributed by atoms with Crippen molar-refractivity contribution < 1.29 is 17.2 Å². The molecule has 0 aliphatic heterocycles. The van der Waals surface area contributed by atoms with Crippen LogP contribution in [-0.4, -0.2) is 13.4 Å². The van der Waals surface area contributed by atoms with E-state index in [1.165, 1.54) is 0 Å². The quantitative estimate of drug-likeness (QED) is 0.818. The lowest BCUT2D eigenvalue weighted by Gasteiger charge is -2.04. The summed E-state index contributed by atoms with van der Waals surface area (Å²) in [5, 5.41) is 0. The lowest BCUT2D eigenvalue weighted by atomic mass is 10.2. The van der Waals surface area contributed by atoms with Gasteiger partial charge in [-0.3, -0.25) is 4.79 Å². The Morgan fingerprint density at radius 3 is 2.40 bits per heavy atom. The molecule has 1 N–H and O–H groups in total. The van der Waals surface area contributed by atoms with Crippen LogP contribution in [0.4, 0.5) is 8.78 Å². The first-order valence-electron chi connectivity index (χ1n) is 3.70. The van der Waals surface area contributed by atoms with Crippen LogP contribution in [0.1, 0.15) is 17.7 Å². The number of alkyl halides is 2. The summed E-state index contributed by atoms with van der Waals surface area (Å²) >= 11 is 0. The predicted octanol–water partition coefficient (Wildman–Crippen LogP) is 1.55. The van der Waals surface area contributed by atoms with Crippen molar-refractivity contribution in [2.45, 2.75) is 18.2 Å². The molecule has 1 heterocycles. The molecule has 0 saturated heterocycles. The summed E-state index contributed by atoms with van der Waals surface area (Å²) in [5.41, 5.74) is -1.98. The van der Waals surface area contributed by atoms with Crippen molar-refractivity contribution >= 4 is 19.7 Å². The van der Waals surface area contributed by atoms with Gasteiger partial charge in [0.15, 0.2) is 0 Å². The third-order valence-electron chi connectivity index (χ3n) is 1.81. The molecule has 0 bridgehead atoms. The van der Waals surface area contributed by atoms with Gasteiger partial charge in [-0.05, 0) is 6.92 Å². The third-order valence-corrected chi connectivity index (χ3v) is 3.14. The van der Waals surface area contributed by atoms with Gasteiger partial charge < -0.3 is 4.98 Å². The summed E-state index contributed by atoms with van der Waals surface area (Å²) in [6.45, 7) is 1.10. The molecular formula is C7H6ClF2NO3S. The van der Waals surface area contributed by atoms with Crippen molar-refractivity contribution in [1.29, 1.82) is 0 Å². The highest BCUT2D eigenvalue weighted by Crippen LogP contribution is 2.19. The first kappa shape index (κ1) is 12.1. The minimum atomic E-state index is -4.21. The fourth-order valence-corrected chi connectivity index (χ4v) is 1.95. The third kappa shape index (κ3) is 2.35. The standard InChI is InChI=1S/C7H6ClF2NO3S/c1-3-5(7(9)10)11-2-4(6(3)12)15(8,13)14/h2,7H,1H3,(H,11,12). The average molecular weight is 258 g/mol. The Labute approximate surface area is 88.3 Å². The Morgan fingerprint density at radius 1 is 1.47 bits per heavy atom. The molecule has 0 fully saturated rings. The minimum Gasteiger partial charge on any atom is -0.359 e. The van der Waals surface area contributed by atoms with Crippen LogP contribution in [-0.2, 0) is 9.05 Å². The van der Waals surface area contributed by atoms with Crippen molar-refractivity contribution in [2.24, 2.45) is 0 Å². The molecule has 0 unspecified atom stereocenters. The Morgan fingerprint density at radius 2 is 2.00 bits per heavy atom. The van der Waals surface area contributed by atoms with E-state index in [0.717, 1.165) is 6.92 Å². The van der Waals surface area contributed by atoms with Crippen LogP contribution in [0, 0.1) is 6.92 Å². The SMILES string of the molecule is Cc1c(C(F)F)[nH]cc(S(=O)(=O)Cl)c1=O. The maximum absolute atomic E-state index is 12.3. The van der Waals surface area contributed by atoms with Gasteiger partial charge >= 0.3 is 0 Å². The highest BCUT2D eigenvalue weighted by Gasteiger charge is 2.21. The molecule has 0 saturated carbocycles. The molecule has 1 aromatic rings. The molecule has 0 spiro atoms. The molecule has 0 atom stereocenters. The number of hydrogen-bond donors (Lipinski definition) is 1. The van der Waals surface area contributed by atoms with Crippen molar-refractivity contribution in [3.63, 3.8) is 0 Å². The molecule has 0 amide bonds. The van der Waals surface area contributed by atoms with Gasteiger partial charge in [-0.25, -0.2) is 17.2 Å². The lowest BCUT2D eigenvalue weighted by molar-refractivity contribution is 0.145. The molecule has 8 heteroatoms. The zero-order valence-electron chi connectivity index (χ0n) is 7.42. The van der Waals surface area contributed by atoms with Crippen LogP contribution >= 0.6 is 10.7 Å². The fourth-order valence-electron chi connectivity index (χ4n) is 1.03. The van der Waals surface area contributed by atoms with E-state index in [1.54, 1.807) is 0 Å². The molecule has 1 aromatic heterocycles. The van der Waals surface area contributed by atoms with Gasteiger partial charge in [-0.1, -0.05) is 0 Å². The first-order chi connectivity index (χ1) is 6.75. The molecule has 15 heavy (non-hydrogen) atoms. The average Bonchev–Trinajstić information content (AvgIpc) is 2.06. The van der Waals surface area contributed by atoms with Gasteiger partial charge in [0, 0.05) is 22.4 Å². The summed E-state index contributed by atoms with van der Waals surface area (Å²) in [6.07, 6.45) is -2.20. The number of pyridine rings is 1. The van der Waals surface area contributed by atoms with Crippen molar-refractivity contribution in [2.75, 3.05) is 0 Å². The van der Waals surface area contributed by atoms with Crippen LogP contribution in [0.2, 0.25) is 0 Å². The van der Waals surface area contributed by atoms with Gasteiger partial charge in [0.25, 0.3) is 15.5 Å². The van der Waals surface area contributed by atoms with Crippen LogP contribution < -0.4 is 5.43 Å². The van der Waals surface area contributed by atoms with Crippen molar-refractivity contribution in [3.8, 4) is 0 Å². The molecule has 0 aliphatic carbocycles. The second kappa shape index (κ2) is 3.90. The number of aromatic amines is 1. The van der Waals surface area contributed by atoms with Crippen LogP contribution in [0.3, 0.4) is 0 Å². The topological polar surface area (TPSA) is 67.0 Å². The number of halogens is 3. The molecule has 4 nitrogen and oxygen atoms in total. The summed E-state index contributed by atoms with van der Waals surface area (Å²) in [4.78, 5) is 12.6. The fraction of sp³-hybridized carbons (Fsp3) is 0.286. The maximum Gasteiger partial charge on any atom is 0.278 e. The first-order valence-corrected chi connectivity index (χ1v) is 6.01. The zero-order valence-corrected chi connectivity index (χ0v) is 8.99. The van der Waals surface area contributed by atoms with Crippen molar-refractivity contribution in [1.82, 2.24) is 4.98 Å². The molecular weight excluding hydrogens is 252 g/mol. The van der Waals surface area contributed by atoms with Gasteiger partial charge in [0.1, 0.15) is 4.90 Å². The number of aromatic nitrogens is 1. The van der Waals surface area contributed by atoms with Crippen LogP contribution in [0.25, 0.3) is 0 Å². The van der Waals surface area contributed by atoms with E-state index < -0.39 is 31.5 Å². The van der Waals surface area contributed by atoms with Crippen molar-refractivity contribution in [3.05, 3.63) is 27.7 Å². The molecule has 0 aliphatic rings. The second-order valence-corrected chi connectivity index (χ2v) is 5.29. The van der Waals surface area contributed by atoms with E-state index in [-0.39, 0.29) is 5.56 Å². The second-order valence-electron chi connectivity index (χ2n) is 2.76. The van der Waals surface area contributed by atoms with Gasteiger partial charge in [0.05, 0.1) is 5.69 Å². The number of H-pyrrole nitrogens is 1. The molecule has 1 rings (SSSR count). The Kier molecular flexibility index (Phi) is 3.15. The van der Waals surface area contributed by atoms with E-state index in [2.05, 4.69) is 0 Å². The van der Waals surface area contributed by atoms with Gasteiger partial charge in [0.2, 0.25) is 5.43 Å². The normalized spacial score (nSPS) is 12.1. The van der Waals surface area contributed by atoms with Gasteiger partial charge in [-0.2, -0.15) is 0 Å². The highest BCUT2D eigenvalue weighted by molar-refractivity contribution is 8.13. The monoisotopic (exact) mass is 257 g/mol. The molecule has 0 aromatic carbocycles. The summed E-state index contributed by atoms with van der Waals surface area (Å²) < 4.78 is 46.3. The Bertz CT molecular complexity index is 538. The minimum absolute atomic E-state index is 0.355. The highest BCUT2D eigenvalue weighted by atomic mass is 35.7. The predicted molar refractivity (Wildman–Crippen MR) is 49.8 cm³/mol. The van der Waals surface area contributed by atoms with E-state index in [4.69, 9.17) is 10.7 Å². The molecule has 84 valence electrons. The lowest BCUT2D eigenvalue weighted by Crippen LogP contribution is -2.17. The number of nitrogens with one attached hydrogen (secondary N) is 1. The van der Waals surface area contributed by atoms with E-state index in [9.17, 15) is 22.0 Å². The Hall–Kier alpha value is -0.950. The zero-order chi connectivity index (χ0) is 11.8. The van der Waals surface area contributed by atoms with E-state index in [1.807, 2.05) is 4.98 Å².